The molecule has 4 aromatic rings. The molecule has 1 atom stereocenters. The first-order valence-electron chi connectivity index (χ1n) is 11.8. The van der Waals surface area contributed by atoms with Crippen molar-refractivity contribution in [3.8, 4) is 11.1 Å². The maximum Gasteiger partial charge on any atom is 0.407 e. The van der Waals surface area contributed by atoms with E-state index in [0.29, 0.717) is 53.0 Å². The quantitative estimate of drug-likeness (QED) is 0.335. The van der Waals surface area contributed by atoms with Crippen LogP contribution in [0.2, 0.25) is 0 Å². The van der Waals surface area contributed by atoms with Crippen LogP contribution >= 0.6 is 0 Å². The molecule has 11 nitrogen and oxygen atoms in total. The Morgan fingerprint density at radius 3 is 2.66 bits per heavy atom. The topological polar surface area (TPSA) is 154 Å². The van der Waals surface area contributed by atoms with Crippen LogP contribution in [0.15, 0.2) is 72.1 Å². The first-order valence-corrected chi connectivity index (χ1v) is 13.7. The van der Waals surface area contributed by atoms with Gasteiger partial charge in [0.1, 0.15) is 6.04 Å². The fourth-order valence-electron chi connectivity index (χ4n) is 4.58. The molecule has 1 aliphatic heterocycles. The molecule has 1 fully saturated rings. The van der Waals surface area contributed by atoms with Crippen molar-refractivity contribution in [1.29, 1.82) is 0 Å². The molecule has 2 aromatic carbocycles. The van der Waals surface area contributed by atoms with Crippen molar-refractivity contribution >= 4 is 49.9 Å². The van der Waals surface area contributed by atoms with E-state index < -0.39 is 22.0 Å². The monoisotopic (exact) mass is 532 g/mol. The highest BCUT2D eigenvalue weighted by atomic mass is 32.2. The van der Waals surface area contributed by atoms with Crippen molar-refractivity contribution in [3.63, 3.8) is 0 Å². The summed E-state index contributed by atoms with van der Waals surface area (Å²) in [6.45, 7) is 0.329. The van der Waals surface area contributed by atoms with Crippen LogP contribution < -0.4 is 10.6 Å². The molecule has 3 N–H and O–H groups in total. The van der Waals surface area contributed by atoms with E-state index in [4.69, 9.17) is 0 Å². The minimum absolute atomic E-state index is 0.111. The maximum atomic E-state index is 12.9. The molecule has 0 radical (unpaired) electrons. The predicted octanol–water partition coefficient (Wildman–Crippen LogP) is 3.92. The number of hydrogen-bond acceptors (Lipinski definition) is 8. The highest BCUT2D eigenvalue weighted by Gasteiger charge is 2.34. The molecule has 2 amide bonds. The van der Waals surface area contributed by atoms with Crippen LogP contribution in [0.25, 0.3) is 22.2 Å². The molecule has 0 aliphatic carbocycles. The number of fused-ring (bicyclic) bond motifs is 1. The minimum Gasteiger partial charge on any atom is -0.465 e. The van der Waals surface area contributed by atoms with Crippen LogP contribution in [-0.2, 0) is 14.6 Å². The Labute approximate surface area is 218 Å². The van der Waals surface area contributed by atoms with Gasteiger partial charge in [-0.3, -0.25) is 24.6 Å². The molecular weight excluding hydrogens is 508 g/mol. The first-order chi connectivity index (χ1) is 18.2. The number of likely N-dealkylation sites (tertiary alicyclic amines) is 1. The number of amides is 2. The summed E-state index contributed by atoms with van der Waals surface area (Å²) in [5.74, 6) is -0.382. The second-order valence-corrected chi connectivity index (χ2v) is 10.9. The molecule has 0 spiro atoms. The van der Waals surface area contributed by atoms with E-state index in [9.17, 15) is 23.1 Å². The van der Waals surface area contributed by atoms with Gasteiger partial charge in [-0.05, 0) is 48.7 Å². The van der Waals surface area contributed by atoms with Gasteiger partial charge in [-0.1, -0.05) is 12.1 Å². The lowest BCUT2D eigenvalue weighted by molar-refractivity contribution is -0.119. The van der Waals surface area contributed by atoms with Crippen LogP contribution in [0, 0.1) is 0 Å². The Balaban J connectivity index is 1.51. The largest absolute Gasteiger partial charge is 0.465 e. The highest BCUT2D eigenvalue weighted by molar-refractivity contribution is 7.90. The normalized spacial score (nSPS) is 15.4. The third kappa shape index (κ3) is 5.11. The lowest BCUT2D eigenvalue weighted by atomic mass is 10.0. The van der Waals surface area contributed by atoms with E-state index in [2.05, 4.69) is 25.6 Å². The van der Waals surface area contributed by atoms with E-state index >= 15 is 0 Å². The van der Waals surface area contributed by atoms with Crippen LogP contribution in [0.3, 0.4) is 0 Å². The number of nitrogens with zero attached hydrogens (tertiary/aromatic N) is 4. The summed E-state index contributed by atoms with van der Waals surface area (Å²) < 4.78 is 24.5. The van der Waals surface area contributed by atoms with Crippen molar-refractivity contribution in [2.45, 2.75) is 23.8 Å². The van der Waals surface area contributed by atoms with E-state index in [-0.39, 0.29) is 10.8 Å². The predicted molar refractivity (Wildman–Crippen MR) is 142 cm³/mol. The Hall–Kier alpha value is -4.58. The van der Waals surface area contributed by atoms with Gasteiger partial charge < -0.3 is 15.7 Å². The molecule has 2 aromatic heterocycles. The number of nitrogens with one attached hydrogen (secondary N) is 2. The summed E-state index contributed by atoms with van der Waals surface area (Å²) in [7, 11) is -3.50. The van der Waals surface area contributed by atoms with Gasteiger partial charge in [0, 0.05) is 48.3 Å². The SMILES string of the molecule is CS(=O)(=O)c1ccncc1Nc1cc(-c2cccc(NC(=O)C3CCCN3C(=O)O)c2)c2nccnc2c1. The van der Waals surface area contributed by atoms with Crippen LogP contribution in [0.5, 0.6) is 0 Å². The third-order valence-electron chi connectivity index (χ3n) is 6.28. The second kappa shape index (κ2) is 10.1. The van der Waals surface area contributed by atoms with Gasteiger partial charge in [-0.15, -0.1) is 0 Å². The molecule has 194 valence electrons. The van der Waals surface area contributed by atoms with E-state index in [1.807, 2.05) is 12.1 Å². The summed E-state index contributed by atoms with van der Waals surface area (Å²) >= 11 is 0. The Bertz CT molecular complexity index is 1660. The second-order valence-electron chi connectivity index (χ2n) is 8.92. The molecule has 1 aliphatic rings. The summed E-state index contributed by atoms with van der Waals surface area (Å²) in [5.41, 5.74) is 4.03. The average molecular weight is 533 g/mol. The fourth-order valence-corrected chi connectivity index (χ4v) is 5.39. The zero-order valence-electron chi connectivity index (χ0n) is 20.3. The van der Waals surface area contributed by atoms with Crippen LogP contribution in [0.1, 0.15) is 12.8 Å². The average Bonchev–Trinajstić information content (AvgIpc) is 3.39. The van der Waals surface area contributed by atoms with E-state index in [1.165, 1.54) is 18.5 Å². The number of carboxylic acid groups (broad SMARTS) is 1. The molecule has 12 heteroatoms. The fraction of sp³-hybridized carbons (Fsp3) is 0.192. The number of anilines is 3. The lowest BCUT2D eigenvalue weighted by Crippen LogP contribution is -2.42. The molecule has 1 saturated heterocycles. The van der Waals surface area contributed by atoms with Crippen molar-refractivity contribution < 1.29 is 23.1 Å². The number of sulfone groups is 1. The standard InChI is InChI=1S/C26H24N6O5S/c1-38(36,37)23-7-8-27-15-21(23)30-18-13-19(24-20(14-18)28-9-10-29-24)16-4-2-5-17(12-16)31-25(33)22-6-3-11-32(22)26(34)35/h2,4-5,7-10,12-15,22,30H,3,6,11H2,1H3,(H,31,33)(H,34,35). The number of carbonyl (C=O) groups is 2. The van der Waals surface area contributed by atoms with Gasteiger partial charge in [-0.25, -0.2) is 13.2 Å². The minimum atomic E-state index is -3.50. The lowest BCUT2D eigenvalue weighted by Gasteiger charge is -2.21. The number of benzene rings is 2. The summed E-state index contributed by atoms with van der Waals surface area (Å²) in [5, 5.41) is 15.4. The van der Waals surface area contributed by atoms with Crippen LogP contribution in [-0.4, -0.2) is 64.2 Å². The zero-order valence-corrected chi connectivity index (χ0v) is 21.1. The van der Waals surface area contributed by atoms with Crippen molar-refractivity contribution in [1.82, 2.24) is 19.9 Å². The van der Waals surface area contributed by atoms with E-state index in [1.54, 1.807) is 36.7 Å². The van der Waals surface area contributed by atoms with Crippen molar-refractivity contribution in [2.75, 3.05) is 23.4 Å². The first kappa shape index (κ1) is 25.1. The molecule has 3 heterocycles. The number of carbonyl (C=O) groups excluding carboxylic acids is 1. The number of aromatic nitrogens is 3. The molecule has 38 heavy (non-hydrogen) atoms. The van der Waals surface area contributed by atoms with Gasteiger partial charge in [0.2, 0.25) is 5.91 Å². The third-order valence-corrected chi connectivity index (χ3v) is 7.43. The molecule has 5 rings (SSSR count). The summed E-state index contributed by atoms with van der Waals surface area (Å²) in [4.78, 5) is 38.5. The Morgan fingerprint density at radius 1 is 1.05 bits per heavy atom. The smallest absolute Gasteiger partial charge is 0.407 e. The van der Waals surface area contributed by atoms with Crippen molar-refractivity contribution in [2.24, 2.45) is 0 Å². The molecule has 1 unspecified atom stereocenters. The maximum absolute atomic E-state index is 12.9. The van der Waals surface area contributed by atoms with Crippen LogP contribution in [0.4, 0.5) is 21.9 Å². The number of pyridine rings is 1. The summed E-state index contributed by atoms with van der Waals surface area (Å²) in [6.07, 6.45) is 7.12. The molecule has 0 saturated carbocycles. The highest BCUT2D eigenvalue weighted by Crippen LogP contribution is 2.33. The van der Waals surface area contributed by atoms with Gasteiger partial charge in [0.15, 0.2) is 9.84 Å². The van der Waals surface area contributed by atoms with Gasteiger partial charge in [0.25, 0.3) is 0 Å². The van der Waals surface area contributed by atoms with Gasteiger partial charge >= 0.3 is 6.09 Å². The van der Waals surface area contributed by atoms with Gasteiger partial charge in [0.05, 0.1) is 27.8 Å². The van der Waals surface area contributed by atoms with Gasteiger partial charge in [-0.2, -0.15) is 0 Å². The molecular formula is C26H24N6O5S. The number of rotatable bonds is 6. The Kier molecular flexibility index (Phi) is 6.64. The Morgan fingerprint density at radius 2 is 1.87 bits per heavy atom. The zero-order chi connectivity index (χ0) is 26.9. The number of hydrogen-bond donors (Lipinski definition) is 3. The van der Waals surface area contributed by atoms with E-state index in [0.717, 1.165) is 16.7 Å². The summed E-state index contributed by atoms with van der Waals surface area (Å²) in [6, 6.07) is 11.4. The molecule has 0 bridgehead atoms. The van der Waals surface area contributed by atoms with Crippen molar-refractivity contribution in [3.05, 3.63) is 67.3 Å².